The summed E-state index contributed by atoms with van der Waals surface area (Å²) in [5.41, 5.74) is 3.10. The second-order valence-corrected chi connectivity index (χ2v) is 8.53. The van der Waals surface area contributed by atoms with Gasteiger partial charge in [0.2, 0.25) is 0 Å². The highest BCUT2D eigenvalue weighted by Crippen LogP contribution is 2.23. The molecule has 0 bridgehead atoms. The van der Waals surface area contributed by atoms with Crippen LogP contribution in [0.1, 0.15) is 22.5 Å². The third kappa shape index (κ3) is 4.74. The molecule has 0 radical (unpaired) electrons. The summed E-state index contributed by atoms with van der Waals surface area (Å²) in [6.45, 7) is 11.8. The minimum absolute atomic E-state index is 0.671. The molecule has 1 fully saturated rings. The highest BCUT2D eigenvalue weighted by Gasteiger charge is 2.20. The Kier molecular flexibility index (Phi) is 6.06. The van der Waals surface area contributed by atoms with E-state index in [9.17, 15) is 0 Å². The summed E-state index contributed by atoms with van der Waals surface area (Å²) >= 11 is 1.81. The van der Waals surface area contributed by atoms with Gasteiger partial charge < -0.3 is 9.64 Å². The van der Waals surface area contributed by atoms with Gasteiger partial charge in [0.1, 0.15) is 5.75 Å². The van der Waals surface area contributed by atoms with Gasteiger partial charge in [0.05, 0.1) is 23.0 Å². The van der Waals surface area contributed by atoms with Crippen molar-refractivity contribution in [2.24, 2.45) is 0 Å². The predicted molar refractivity (Wildman–Crippen MR) is 118 cm³/mol. The standard InChI is InChI=1S/C22H27N5OS/c1-4-28-19-7-5-18(6-8-19)20-9-10-22(25-24-20)27-13-11-26(12-14-27)15-21-16(2)23-17(3)29-21/h5-10H,4,11-15H2,1-3H3. The Morgan fingerprint density at radius 3 is 2.31 bits per heavy atom. The zero-order valence-electron chi connectivity index (χ0n) is 17.3. The number of piperazine rings is 1. The molecule has 1 saturated heterocycles. The first kappa shape index (κ1) is 19.8. The third-order valence-electron chi connectivity index (χ3n) is 5.17. The van der Waals surface area contributed by atoms with Gasteiger partial charge in [0.25, 0.3) is 0 Å². The van der Waals surface area contributed by atoms with E-state index in [1.807, 2.05) is 48.6 Å². The number of ether oxygens (including phenoxy) is 1. The van der Waals surface area contributed by atoms with Gasteiger partial charge in [0, 0.05) is 43.2 Å². The molecule has 7 heteroatoms. The SMILES string of the molecule is CCOc1ccc(-c2ccc(N3CCN(Cc4sc(C)nc4C)CC3)nn2)cc1. The largest absolute Gasteiger partial charge is 0.494 e. The maximum Gasteiger partial charge on any atom is 0.151 e. The van der Waals surface area contributed by atoms with E-state index in [1.54, 1.807) is 0 Å². The lowest BCUT2D eigenvalue weighted by Crippen LogP contribution is -2.46. The van der Waals surface area contributed by atoms with Crippen LogP contribution < -0.4 is 9.64 Å². The Bertz CT molecular complexity index is 931. The molecule has 0 unspecified atom stereocenters. The topological polar surface area (TPSA) is 54.4 Å². The summed E-state index contributed by atoms with van der Waals surface area (Å²) < 4.78 is 5.50. The van der Waals surface area contributed by atoms with Crippen molar-refractivity contribution in [3.8, 4) is 17.0 Å². The van der Waals surface area contributed by atoms with E-state index in [2.05, 4.69) is 44.9 Å². The van der Waals surface area contributed by atoms with Crippen LogP contribution in [0.2, 0.25) is 0 Å². The number of benzene rings is 1. The van der Waals surface area contributed by atoms with Crippen molar-refractivity contribution in [2.45, 2.75) is 27.3 Å². The van der Waals surface area contributed by atoms with Crippen LogP contribution in [0.3, 0.4) is 0 Å². The quantitative estimate of drug-likeness (QED) is 0.615. The second-order valence-electron chi connectivity index (χ2n) is 7.24. The summed E-state index contributed by atoms with van der Waals surface area (Å²) in [6, 6.07) is 12.1. The molecule has 0 amide bonds. The molecule has 1 aliphatic rings. The Balaban J connectivity index is 1.34. The van der Waals surface area contributed by atoms with Crippen LogP contribution in [0.4, 0.5) is 5.82 Å². The van der Waals surface area contributed by atoms with E-state index in [0.717, 1.165) is 60.6 Å². The number of hydrogen-bond donors (Lipinski definition) is 0. The minimum Gasteiger partial charge on any atom is -0.494 e. The number of hydrogen-bond acceptors (Lipinski definition) is 7. The van der Waals surface area contributed by atoms with Crippen molar-refractivity contribution in [3.63, 3.8) is 0 Å². The highest BCUT2D eigenvalue weighted by molar-refractivity contribution is 7.11. The van der Waals surface area contributed by atoms with E-state index < -0.39 is 0 Å². The maximum atomic E-state index is 5.50. The van der Waals surface area contributed by atoms with E-state index in [-0.39, 0.29) is 0 Å². The highest BCUT2D eigenvalue weighted by atomic mass is 32.1. The van der Waals surface area contributed by atoms with Crippen LogP contribution in [0.15, 0.2) is 36.4 Å². The first-order valence-electron chi connectivity index (χ1n) is 10.1. The number of rotatable bonds is 6. The molecular weight excluding hydrogens is 382 g/mol. The van der Waals surface area contributed by atoms with Gasteiger partial charge in [-0.1, -0.05) is 0 Å². The van der Waals surface area contributed by atoms with Gasteiger partial charge in [-0.05, 0) is 57.2 Å². The molecule has 0 spiro atoms. The second kappa shape index (κ2) is 8.88. The molecule has 3 heterocycles. The lowest BCUT2D eigenvalue weighted by atomic mass is 10.1. The molecular formula is C22H27N5OS. The zero-order valence-corrected chi connectivity index (χ0v) is 18.1. The van der Waals surface area contributed by atoms with Gasteiger partial charge in [-0.2, -0.15) is 0 Å². The number of aryl methyl sites for hydroxylation is 2. The van der Waals surface area contributed by atoms with Gasteiger partial charge >= 0.3 is 0 Å². The van der Waals surface area contributed by atoms with Gasteiger partial charge in [-0.15, -0.1) is 21.5 Å². The lowest BCUT2D eigenvalue weighted by Gasteiger charge is -2.35. The fourth-order valence-corrected chi connectivity index (χ4v) is 4.57. The molecule has 1 aromatic carbocycles. The third-order valence-corrected chi connectivity index (χ3v) is 6.23. The first-order valence-corrected chi connectivity index (χ1v) is 10.9. The van der Waals surface area contributed by atoms with Gasteiger partial charge in [0.15, 0.2) is 5.82 Å². The summed E-state index contributed by atoms with van der Waals surface area (Å²) in [5.74, 6) is 1.83. The molecule has 0 aliphatic carbocycles. The molecule has 6 nitrogen and oxygen atoms in total. The number of thiazole rings is 1. The maximum absolute atomic E-state index is 5.50. The molecule has 0 atom stereocenters. The molecule has 29 heavy (non-hydrogen) atoms. The summed E-state index contributed by atoms with van der Waals surface area (Å²) in [7, 11) is 0. The molecule has 0 N–H and O–H groups in total. The van der Waals surface area contributed by atoms with Crippen molar-refractivity contribution in [2.75, 3.05) is 37.7 Å². The predicted octanol–water partition coefficient (Wildman–Crippen LogP) is 3.94. The van der Waals surface area contributed by atoms with Gasteiger partial charge in [-0.3, -0.25) is 4.90 Å². The van der Waals surface area contributed by atoms with Crippen molar-refractivity contribution >= 4 is 17.2 Å². The molecule has 2 aromatic heterocycles. The molecule has 0 saturated carbocycles. The Morgan fingerprint density at radius 2 is 1.72 bits per heavy atom. The first-order chi connectivity index (χ1) is 14.1. The van der Waals surface area contributed by atoms with Crippen LogP contribution >= 0.6 is 11.3 Å². The van der Waals surface area contributed by atoms with E-state index in [0.29, 0.717) is 6.61 Å². The van der Waals surface area contributed by atoms with Crippen LogP contribution in [-0.2, 0) is 6.54 Å². The van der Waals surface area contributed by atoms with Crippen molar-refractivity contribution < 1.29 is 4.74 Å². The van der Waals surface area contributed by atoms with Crippen molar-refractivity contribution in [3.05, 3.63) is 52.0 Å². The lowest BCUT2D eigenvalue weighted by molar-refractivity contribution is 0.250. The normalized spacial score (nSPS) is 14.9. The number of nitrogens with zero attached hydrogens (tertiary/aromatic N) is 5. The van der Waals surface area contributed by atoms with Gasteiger partial charge in [-0.25, -0.2) is 4.98 Å². The Labute approximate surface area is 176 Å². The monoisotopic (exact) mass is 409 g/mol. The van der Waals surface area contributed by atoms with E-state index in [4.69, 9.17) is 4.74 Å². The van der Waals surface area contributed by atoms with E-state index in [1.165, 1.54) is 10.6 Å². The average molecular weight is 410 g/mol. The Morgan fingerprint density at radius 1 is 0.966 bits per heavy atom. The van der Waals surface area contributed by atoms with Crippen LogP contribution in [-0.4, -0.2) is 52.9 Å². The smallest absolute Gasteiger partial charge is 0.151 e. The summed E-state index contributed by atoms with van der Waals surface area (Å²) in [6.07, 6.45) is 0. The average Bonchev–Trinajstić information content (AvgIpc) is 3.06. The molecule has 3 aromatic rings. The van der Waals surface area contributed by atoms with Crippen LogP contribution in [0.25, 0.3) is 11.3 Å². The molecule has 1 aliphatic heterocycles. The molecule has 4 rings (SSSR count). The van der Waals surface area contributed by atoms with Crippen molar-refractivity contribution in [1.29, 1.82) is 0 Å². The number of anilines is 1. The summed E-state index contributed by atoms with van der Waals surface area (Å²) in [4.78, 5) is 10.7. The Hall–Kier alpha value is -2.51. The summed E-state index contributed by atoms with van der Waals surface area (Å²) in [5, 5.41) is 10.1. The minimum atomic E-state index is 0.671. The number of aromatic nitrogens is 3. The fraction of sp³-hybridized carbons (Fsp3) is 0.409. The van der Waals surface area contributed by atoms with E-state index >= 15 is 0 Å². The van der Waals surface area contributed by atoms with Crippen molar-refractivity contribution in [1.82, 2.24) is 20.1 Å². The van der Waals surface area contributed by atoms with Crippen LogP contribution in [0, 0.1) is 13.8 Å². The molecule has 152 valence electrons. The zero-order chi connectivity index (χ0) is 20.2. The van der Waals surface area contributed by atoms with Crippen LogP contribution in [0.5, 0.6) is 5.75 Å². The fourth-order valence-electron chi connectivity index (χ4n) is 3.59.